The molecule has 2 aliphatic heterocycles. The van der Waals surface area contributed by atoms with E-state index in [0.29, 0.717) is 23.1 Å². The van der Waals surface area contributed by atoms with Crippen LogP contribution < -0.4 is 26.4 Å². The van der Waals surface area contributed by atoms with Gasteiger partial charge in [-0.1, -0.05) is 126 Å². The van der Waals surface area contributed by atoms with E-state index < -0.39 is 0 Å². The fourth-order valence-corrected chi connectivity index (χ4v) is 15.2. The van der Waals surface area contributed by atoms with Gasteiger partial charge in [-0.2, -0.15) is 0 Å². The maximum absolute atomic E-state index is 8.87. The Kier molecular flexibility index (Phi) is 9.57. The lowest BCUT2D eigenvalue weighted by molar-refractivity contribution is -0.0488. The van der Waals surface area contributed by atoms with Gasteiger partial charge in [-0.05, 0) is 201 Å². The molecule has 354 valence electrons. The van der Waals surface area contributed by atoms with Crippen molar-refractivity contribution in [2.45, 2.75) is 175 Å². The summed E-state index contributed by atoms with van der Waals surface area (Å²) in [6.07, 6.45) is 10.9. The molecule has 0 radical (unpaired) electrons. The normalized spacial score (nSPS) is 24.8. The molecule has 1 aromatic heterocycles. The number of hydrogen-bond acceptors (Lipinski definition) is 3. The van der Waals surface area contributed by atoms with Gasteiger partial charge in [-0.25, -0.2) is 4.85 Å². The second kappa shape index (κ2) is 14.7. The van der Waals surface area contributed by atoms with Crippen molar-refractivity contribution in [2.24, 2.45) is 22.7 Å². The van der Waals surface area contributed by atoms with Crippen LogP contribution in [-0.2, 0) is 21.7 Å². The second-order valence-corrected chi connectivity index (χ2v) is 26.9. The molecule has 5 heteroatoms. The minimum absolute atomic E-state index is 0.0138. The molecule has 6 aliphatic rings. The second-order valence-electron chi connectivity index (χ2n) is 26.9. The summed E-state index contributed by atoms with van der Waals surface area (Å²) in [6, 6.07) is 32.7. The zero-order valence-electron chi connectivity index (χ0n) is 44.0. The largest absolute Gasteiger partial charge is 0.468 e. The predicted octanol–water partition coefficient (Wildman–Crippen LogP) is 16.0. The molecule has 69 heavy (non-hydrogen) atoms. The molecule has 6 aromatic rings. The molecule has 2 fully saturated rings. The first-order valence-electron chi connectivity index (χ1n) is 26.6. The van der Waals surface area contributed by atoms with Crippen LogP contribution >= 0.6 is 0 Å². The number of aryl methyl sites for hydroxylation is 1. The van der Waals surface area contributed by atoms with E-state index >= 15 is 0 Å². The lowest BCUT2D eigenvalue weighted by Crippen LogP contribution is -2.63. The average Bonchev–Trinajstić information content (AvgIpc) is 3.68. The summed E-state index contributed by atoms with van der Waals surface area (Å²) < 4.78 is 7.67. The van der Waals surface area contributed by atoms with Crippen molar-refractivity contribution in [1.29, 1.82) is 0 Å². The maximum atomic E-state index is 8.87. The van der Waals surface area contributed by atoms with Crippen LogP contribution in [0.2, 0.25) is 0 Å². The Balaban J connectivity index is 1.17. The topological polar surface area (TPSA) is 24.0 Å². The van der Waals surface area contributed by atoms with Crippen LogP contribution in [0.15, 0.2) is 89.3 Å². The Morgan fingerprint density at radius 2 is 1.17 bits per heavy atom. The van der Waals surface area contributed by atoms with Gasteiger partial charge in [-0.3, -0.25) is 0 Å². The van der Waals surface area contributed by atoms with Crippen LogP contribution in [0.5, 0.6) is 0 Å². The molecule has 0 saturated heterocycles. The average molecular weight is 912 g/mol. The molecule has 0 spiro atoms. The van der Waals surface area contributed by atoms with Gasteiger partial charge in [0.2, 0.25) is 5.69 Å². The highest BCUT2D eigenvalue weighted by molar-refractivity contribution is 7.00. The number of anilines is 5. The fraction of sp³-hybridized carbons (Fsp3) is 0.484. The van der Waals surface area contributed by atoms with Crippen LogP contribution in [0.25, 0.3) is 26.9 Å². The minimum Gasteiger partial charge on any atom is -0.468 e. The predicted molar refractivity (Wildman–Crippen MR) is 293 cm³/mol. The van der Waals surface area contributed by atoms with Crippen molar-refractivity contribution in [3.05, 3.63) is 124 Å². The third-order valence-electron chi connectivity index (χ3n) is 19.8. The van der Waals surface area contributed by atoms with E-state index in [0.717, 1.165) is 64.3 Å². The summed E-state index contributed by atoms with van der Waals surface area (Å²) in [5.41, 5.74) is 21.3. The Bertz CT molecular complexity index is 3170. The summed E-state index contributed by atoms with van der Waals surface area (Å²) in [5, 5.41) is 1.15. The van der Waals surface area contributed by atoms with Crippen molar-refractivity contribution in [2.75, 3.05) is 9.80 Å². The molecule has 0 bridgehead atoms. The van der Waals surface area contributed by atoms with E-state index in [1.807, 2.05) is 0 Å². The van der Waals surface area contributed by atoms with Crippen molar-refractivity contribution in [3.63, 3.8) is 0 Å². The number of hydrogen-bond donors (Lipinski definition) is 0. The van der Waals surface area contributed by atoms with Gasteiger partial charge in [0.15, 0.2) is 0 Å². The molecule has 2 saturated carbocycles. The first-order valence-corrected chi connectivity index (χ1v) is 26.6. The van der Waals surface area contributed by atoms with Gasteiger partial charge in [0.1, 0.15) is 5.58 Å². The molecular weight excluding hydrogens is 838 g/mol. The Labute approximate surface area is 414 Å². The van der Waals surface area contributed by atoms with Crippen molar-refractivity contribution >= 4 is 68.4 Å². The van der Waals surface area contributed by atoms with Gasteiger partial charge in [0, 0.05) is 28.5 Å². The maximum Gasteiger partial charge on any atom is 0.297 e. The lowest BCUT2D eigenvalue weighted by Gasteiger charge is -2.58. The summed E-state index contributed by atoms with van der Waals surface area (Å²) in [5.74, 6) is 1.38. The van der Waals surface area contributed by atoms with Crippen LogP contribution in [0.3, 0.4) is 0 Å². The quantitative estimate of drug-likeness (QED) is 0.130. The Morgan fingerprint density at radius 1 is 0.580 bits per heavy atom. The molecule has 0 amide bonds. The lowest BCUT2D eigenvalue weighted by atomic mass is 9.35. The number of benzene rings is 5. The summed E-state index contributed by atoms with van der Waals surface area (Å²) >= 11 is 0. The van der Waals surface area contributed by atoms with Crippen molar-refractivity contribution < 1.29 is 4.42 Å². The zero-order valence-corrected chi connectivity index (χ0v) is 44.0. The van der Waals surface area contributed by atoms with Crippen molar-refractivity contribution in [1.82, 2.24) is 0 Å². The fourth-order valence-electron chi connectivity index (χ4n) is 15.2. The van der Waals surface area contributed by atoms with E-state index in [9.17, 15) is 0 Å². The molecule has 3 atom stereocenters. The number of nitrogens with zero attached hydrogens (tertiary/aromatic N) is 3. The van der Waals surface area contributed by atoms with Gasteiger partial charge < -0.3 is 14.2 Å². The smallest absolute Gasteiger partial charge is 0.297 e. The molecule has 3 unspecified atom stereocenters. The highest BCUT2D eigenvalue weighted by Crippen LogP contribution is 2.60. The zero-order chi connectivity index (χ0) is 48.5. The number of furan rings is 1. The summed E-state index contributed by atoms with van der Waals surface area (Å²) in [7, 11) is 0. The number of fused-ring (bicyclic) bond motifs is 9. The van der Waals surface area contributed by atoms with E-state index in [1.54, 1.807) is 0 Å². The summed E-state index contributed by atoms with van der Waals surface area (Å²) in [4.78, 5) is 9.75. The highest BCUT2D eigenvalue weighted by atomic mass is 16.3. The van der Waals surface area contributed by atoms with E-state index in [2.05, 4.69) is 190 Å². The minimum atomic E-state index is -0.119. The highest BCUT2D eigenvalue weighted by Gasteiger charge is 2.54. The molecular formula is C64H74BN3O. The third-order valence-corrected chi connectivity index (χ3v) is 19.8. The third kappa shape index (κ3) is 6.58. The van der Waals surface area contributed by atoms with Gasteiger partial charge >= 0.3 is 0 Å². The van der Waals surface area contributed by atoms with Crippen LogP contribution in [-0.4, -0.2) is 12.8 Å². The van der Waals surface area contributed by atoms with Crippen molar-refractivity contribution in [3.8, 4) is 11.1 Å². The monoisotopic (exact) mass is 912 g/mol. The molecule has 0 N–H and O–H groups in total. The van der Waals surface area contributed by atoms with Crippen LogP contribution in [0, 0.1) is 36.2 Å². The van der Waals surface area contributed by atoms with E-state index in [-0.39, 0.29) is 33.8 Å². The molecule has 3 heterocycles. The van der Waals surface area contributed by atoms with E-state index in [1.165, 1.54) is 94.3 Å². The Morgan fingerprint density at radius 3 is 1.83 bits per heavy atom. The molecule has 4 aliphatic carbocycles. The van der Waals surface area contributed by atoms with Gasteiger partial charge in [-0.15, -0.1) is 0 Å². The van der Waals surface area contributed by atoms with Gasteiger partial charge in [0.05, 0.1) is 23.6 Å². The standard InChI is InChI=1S/C64H74BN3O/c1-38-30-53-56-54(31-38)68(51-23-20-40(32-50(51)66-14)39-18-16-15-17-19-39)57-42-34-45-48(64(12,13)29-26-61(45,6)7)37-55(42)69-58(57)65(56)49-35-46-47(63(10,11)28-27-62(46,8)9)36-52(49)67(53)41-21-22-43-44(33-41)60(4,5)25-24-59(43,2)3/h15-20,23,30-32,34-37,41,43-44H,21-22,24-29,33H2,1-13H3. The van der Waals surface area contributed by atoms with E-state index in [4.69, 9.17) is 11.0 Å². The first-order chi connectivity index (χ1) is 32.5. The SMILES string of the molecule is [C-]#[N+]c1cc(-c2ccccc2)ccc1N1c2cc(C)cc3c2B(c2cc4c(cc2N3C2CCC3C(C2)C(C)(C)CCC3(C)C)C(C)(C)CCC4(C)C)c2oc3cc4c(cc3c21)C(C)(C)CCC4(C)C. The number of rotatable bonds is 3. The van der Waals surface area contributed by atoms with Gasteiger partial charge in [0.25, 0.3) is 6.71 Å². The molecule has 12 rings (SSSR count). The molecule has 4 nitrogen and oxygen atoms in total. The van der Waals surface area contributed by atoms with Crippen LogP contribution in [0.4, 0.5) is 34.1 Å². The summed E-state index contributed by atoms with van der Waals surface area (Å²) in [6.45, 7) is 41.0. The molecule has 5 aromatic carbocycles. The Hall–Kier alpha value is -5.21. The first kappa shape index (κ1) is 45.0. The van der Waals surface area contributed by atoms with Crippen LogP contribution in [0.1, 0.15) is 169 Å².